The number of rotatable bonds is 3. The van der Waals surface area contributed by atoms with E-state index in [4.69, 9.17) is 0 Å². The minimum absolute atomic E-state index is 0.230. The summed E-state index contributed by atoms with van der Waals surface area (Å²) in [5, 5.41) is 5.42. The van der Waals surface area contributed by atoms with Gasteiger partial charge in [-0.1, -0.05) is 97.1 Å². The lowest BCUT2D eigenvalue weighted by Gasteiger charge is -2.21. The zero-order chi connectivity index (χ0) is 19.8. The molecule has 0 aromatic heterocycles. The van der Waals surface area contributed by atoms with Crippen molar-refractivity contribution in [1.82, 2.24) is 0 Å². The number of hydrogen-bond donors (Lipinski definition) is 0. The summed E-state index contributed by atoms with van der Waals surface area (Å²) in [4.78, 5) is 0. The smallest absolute Gasteiger partial charge is 0.0340 e. The minimum atomic E-state index is 0.230. The van der Waals surface area contributed by atoms with Gasteiger partial charge >= 0.3 is 0 Å². The second-order valence-corrected chi connectivity index (χ2v) is 7.85. The average Bonchev–Trinajstić information content (AvgIpc) is 2.79. The molecule has 0 fully saturated rings. The van der Waals surface area contributed by atoms with Crippen LogP contribution in [0.5, 0.6) is 0 Å². The van der Waals surface area contributed by atoms with Crippen molar-refractivity contribution in [3.63, 3.8) is 0 Å². The van der Waals surface area contributed by atoms with Gasteiger partial charge in [-0.25, -0.2) is 0 Å². The molecule has 0 heteroatoms. The molecule has 140 valence electrons. The predicted octanol–water partition coefficient (Wildman–Crippen LogP) is 7.79. The molecule has 0 aliphatic carbocycles. The molecule has 0 heterocycles. The Morgan fingerprint density at radius 3 is 1.41 bits per heavy atom. The first-order valence-corrected chi connectivity index (χ1v) is 10.3. The molecule has 0 aliphatic heterocycles. The molecule has 0 saturated carbocycles. The Balaban J connectivity index is 1.78. The highest BCUT2D eigenvalue weighted by Crippen LogP contribution is 2.37. The number of hydrogen-bond acceptors (Lipinski definition) is 0. The van der Waals surface area contributed by atoms with Crippen molar-refractivity contribution < 1.29 is 0 Å². The Hall–Kier alpha value is -3.38. The minimum Gasteiger partial charge on any atom is -0.0622 e. The van der Waals surface area contributed by atoms with Gasteiger partial charge in [0, 0.05) is 5.92 Å². The van der Waals surface area contributed by atoms with Crippen LogP contribution in [0.1, 0.15) is 33.7 Å². The molecule has 0 spiro atoms. The highest BCUT2D eigenvalue weighted by molar-refractivity contribution is 6.05. The Morgan fingerprint density at radius 2 is 0.862 bits per heavy atom. The SMILES string of the molecule is Cc1c2ccccc2c(C)c2cc(C(c3ccccc3)c3ccccc3)ccc12. The molecule has 0 atom stereocenters. The maximum absolute atomic E-state index is 2.41. The lowest BCUT2D eigenvalue weighted by Crippen LogP contribution is -2.03. The largest absolute Gasteiger partial charge is 0.0622 e. The first-order chi connectivity index (χ1) is 14.2. The van der Waals surface area contributed by atoms with Crippen molar-refractivity contribution in [2.24, 2.45) is 0 Å². The van der Waals surface area contributed by atoms with Crippen molar-refractivity contribution >= 4 is 21.5 Å². The van der Waals surface area contributed by atoms with Crippen LogP contribution in [0.25, 0.3) is 21.5 Å². The molecular weight excluding hydrogens is 348 g/mol. The summed E-state index contributed by atoms with van der Waals surface area (Å²) in [5.41, 5.74) is 6.72. The summed E-state index contributed by atoms with van der Waals surface area (Å²) in [7, 11) is 0. The lowest BCUT2D eigenvalue weighted by molar-refractivity contribution is 0.980. The van der Waals surface area contributed by atoms with Gasteiger partial charge < -0.3 is 0 Å². The van der Waals surface area contributed by atoms with E-state index in [0.717, 1.165) is 0 Å². The summed E-state index contributed by atoms with van der Waals surface area (Å²) >= 11 is 0. The molecule has 5 aromatic carbocycles. The fourth-order valence-corrected chi connectivity index (χ4v) is 4.67. The van der Waals surface area contributed by atoms with E-state index in [-0.39, 0.29) is 5.92 Å². The molecule has 5 aromatic rings. The topological polar surface area (TPSA) is 0 Å². The average molecular weight is 373 g/mol. The van der Waals surface area contributed by atoms with Gasteiger partial charge in [-0.05, 0) is 69.3 Å². The maximum atomic E-state index is 2.41. The van der Waals surface area contributed by atoms with Crippen LogP contribution in [0.15, 0.2) is 103 Å². The van der Waals surface area contributed by atoms with E-state index < -0.39 is 0 Å². The Kier molecular flexibility index (Phi) is 4.41. The summed E-state index contributed by atoms with van der Waals surface area (Å²) in [5.74, 6) is 0.230. The van der Waals surface area contributed by atoms with E-state index in [1.807, 2.05) is 0 Å². The quantitative estimate of drug-likeness (QED) is 0.224. The van der Waals surface area contributed by atoms with Gasteiger partial charge in [-0.2, -0.15) is 0 Å². The first-order valence-electron chi connectivity index (χ1n) is 10.3. The van der Waals surface area contributed by atoms with Crippen LogP contribution in [0.2, 0.25) is 0 Å². The zero-order valence-electron chi connectivity index (χ0n) is 16.9. The van der Waals surface area contributed by atoms with Gasteiger partial charge in [0.15, 0.2) is 0 Å². The van der Waals surface area contributed by atoms with Crippen LogP contribution >= 0.6 is 0 Å². The molecule has 0 aliphatic rings. The monoisotopic (exact) mass is 372 g/mol. The second kappa shape index (κ2) is 7.22. The Bertz CT molecular complexity index is 1260. The normalized spacial score (nSPS) is 11.4. The first kappa shape index (κ1) is 17.7. The van der Waals surface area contributed by atoms with E-state index in [2.05, 4.69) is 117 Å². The number of aryl methyl sites for hydroxylation is 2. The van der Waals surface area contributed by atoms with E-state index >= 15 is 0 Å². The summed E-state index contributed by atoms with van der Waals surface area (Å²) in [6.07, 6.45) is 0. The molecule has 29 heavy (non-hydrogen) atoms. The molecule has 5 rings (SSSR count). The lowest BCUT2D eigenvalue weighted by atomic mass is 9.83. The predicted molar refractivity (Wildman–Crippen MR) is 125 cm³/mol. The fraction of sp³-hybridized carbons (Fsp3) is 0.103. The van der Waals surface area contributed by atoms with Gasteiger partial charge in [0.1, 0.15) is 0 Å². The van der Waals surface area contributed by atoms with Gasteiger partial charge in [0.25, 0.3) is 0 Å². The van der Waals surface area contributed by atoms with Crippen molar-refractivity contribution in [1.29, 1.82) is 0 Å². The van der Waals surface area contributed by atoms with E-state index in [9.17, 15) is 0 Å². The van der Waals surface area contributed by atoms with Crippen molar-refractivity contribution in [3.05, 3.63) is 131 Å². The van der Waals surface area contributed by atoms with E-state index in [1.165, 1.54) is 49.4 Å². The number of fused-ring (bicyclic) bond motifs is 2. The van der Waals surface area contributed by atoms with E-state index in [0.29, 0.717) is 0 Å². The summed E-state index contributed by atoms with van der Waals surface area (Å²) in [6.45, 7) is 4.50. The molecule has 0 unspecified atom stereocenters. The standard InChI is InChI=1S/C29H24/c1-20-25-15-9-10-16-26(25)21(2)28-19-24(17-18-27(20)28)29(22-11-5-3-6-12-22)23-13-7-4-8-14-23/h3-19,29H,1-2H3. The fourth-order valence-electron chi connectivity index (χ4n) is 4.67. The molecule has 0 amide bonds. The van der Waals surface area contributed by atoms with Gasteiger partial charge in [0.05, 0.1) is 0 Å². The molecule has 0 saturated heterocycles. The van der Waals surface area contributed by atoms with Crippen LogP contribution in [-0.4, -0.2) is 0 Å². The van der Waals surface area contributed by atoms with Gasteiger partial charge in [0.2, 0.25) is 0 Å². The number of benzene rings is 5. The molecular formula is C29H24. The molecule has 0 N–H and O–H groups in total. The molecule has 0 nitrogen and oxygen atoms in total. The highest BCUT2D eigenvalue weighted by Gasteiger charge is 2.18. The van der Waals surface area contributed by atoms with Crippen LogP contribution < -0.4 is 0 Å². The van der Waals surface area contributed by atoms with E-state index in [1.54, 1.807) is 0 Å². The second-order valence-electron chi connectivity index (χ2n) is 7.85. The zero-order valence-corrected chi connectivity index (χ0v) is 16.9. The van der Waals surface area contributed by atoms with Crippen LogP contribution in [0.4, 0.5) is 0 Å². The third-order valence-electron chi connectivity index (χ3n) is 6.19. The van der Waals surface area contributed by atoms with Gasteiger partial charge in [-0.3, -0.25) is 0 Å². The van der Waals surface area contributed by atoms with Crippen molar-refractivity contribution in [2.75, 3.05) is 0 Å². The summed E-state index contributed by atoms with van der Waals surface area (Å²) in [6, 6.07) is 37.5. The Labute approximate surface area is 172 Å². The van der Waals surface area contributed by atoms with Crippen LogP contribution in [0.3, 0.4) is 0 Å². The maximum Gasteiger partial charge on any atom is 0.0340 e. The van der Waals surface area contributed by atoms with Gasteiger partial charge in [-0.15, -0.1) is 0 Å². The third-order valence-corrected chi connectivity index (χ3v) is 6.19. The Morgan fingerprint density at radius 1 is 0.414 bits per heavy atom. The molecule has 0 radical (unpaired) electrons. The van der Waals surface area contributed by atoms with Crippen molar-refractivity contribution in [3.8, 4) is 0 Å². The highest BCUT2D eigenvalue weighted by atomic mass is 14.2. The third kappa shape index (κ3) is 3.02. The van der Waals surface area contributed by atoms with Crippen LogP contribution in [0, 0.1) is 13.8 Å². The molecule has 0 bridgehead atoms. The summed E-state index contributed by atoms with van der Waals surface area (Å²) < 4.78 is 0. The van der Waals surface area contributed by atoms with Crippen LogP contribution in [-0.2, 0) is 0 Å². The van der Waals surface area contributed by atoms with Crippen molar-refractivity contribution in [2.45, 2.75) is 19.8 Å².